The molecule has 0 fully saturated rings. The van der Waals surface area contributed by atoms with Crippen LogP contribution in [0.4, 0.5) is 0 Å². The van der Waals surface area contributed by atoms with Crippen molar-refractivity contribution < 1.29 is 30.7 Å². The van der Waals surface area contributed by atoms with E-state index in [1.165, 1.54) is 0 Å². The predicted molar refractivity (Wildman–Crippen MR) is 63.9 cm³/mol. The molecular formula is C8H15NO7S2. The molecule has 0 aliphatic carbocycles. The summed E-state index contributed by atoms with van der Waals surface area (Å²) in [6.07, 6.45) is -0.424. The summed E-state index contributed by atoms with van der Waals surface area (Å²) in [7, 11) is -8.47. The summed E-state index contributed by atoms with van der Waals surface area (Å²) in [5.41, 5.74) is 4.80. The van der Waals surface area contributed by atoms with E-state index in [0.29, 0.717) is 0 Å². The van der Waals surface area contributed by atoms with E-state index < -0.39 is 43.6 Å². The van der Waals surface area contributed by atoms with Crippen molar-refractivity contribution in [1.29, 1.82) is 0 Å². The lowest BCUT2D eigenvalue weighted by atomic mass is 9.94. The van der Waals surface area contributed by atoms with Gasteiger partial charge in [-0.15, -0.1) is 0 Å². The number of hydrogen-bond donors (Lipinski definition) is 3. The molecule has 1 amide bonds. The highest BCUT2D eigenvalue weighted by molar-refractivity contribution is 7.86. The largest absolute Gasteiger partial charge is 0.366 e. The van der Waals surface area contributed by atoms with E-state index in [1.807, 2.05) is 0 Å². The Bertz CT molecular complexity index is 484. The van der Waals surface area contributed by atoms with Gasteiger partial charge in [0.05, 0.1) is 11.5 Å². The molecule has 0 aromatic heterocycles. The van der Waals surface area contributed by atoms with Gasteiger partial charge >= 0.3 is 0 Å². The quantitative estimate of drug-likeness (QED) is 0.392. The third-order valence-electron chi connectivity index (χ3n) is 2.26. The van der Waals surface area contributed by atoms with Gasteiger partial charge in [-0.25, -0.2) is 0 Å². The highest BCUT2D eigenvalue weighted by Crippen LogP contribution is 2.19. The monoisotopic (exact) mass is 301 g/mol. The Morgan fingerprint density at radius 1 is 1.06 bits per heavy atom. The summed E-state index contributed by atoms with van der Waals surface area (Å²) in [5, 5.41) is 0. The second-order valence-electron chi connectivity index (χ2n) is 3.74. The molecule has 0 aliphatic heterocycles. The summed E-state index contributed by atoms with van der Waals surface area (Å²) in [4.78, 5) is 10.9. The molecule has 0 radical (unpaired) electrons. The second kappa shape index (κ2) is 6.27. The van der Waals surface area contributed by atoms with E-state index in [-0.39, 0.29) is 18.4 Å². The molecule has 0 heterocycles. The topological polar surface area (TPSA) is 152 Å². The molecular weight excluding hydrogens is 286 g/mol. The van der Waals surface area contributed by atoms with Crippen LogP contribution in [0.15, 0.2) is 12.2 Å². The normalized spacial score (nSPS) is 12.6. The minimum absolute atomic E-state index is 0.151. The second-order valence-corrected chi connectivity index (χ2v) is 6.88. The van der Waals surface area contributed by atoms with Crippen LogP contribution in [0.5, 0.6) is 0 Å². The number of nitrogens with two attached hydrogens (primary N) is 1. The lowest BCUT2D eigenvalue weighted by Gasteiger charge is -2.15. The Morgan fingerprint density at radius 3 is 1.61 bits per heavy atom. The maximum Gasteiger partial charge on any atom is 0.264 e. The standard InChI is InChI=1S/C8H15NO7S2/c1-6(8(9)10)7(2-4-17(11,12)13)3-5-18(14,15)16/h7H,1-5H2,(H2,9,10)(H,11,12,13)(H,14,15,16). The van der Waals surface area contributed by atoms with Gasteiger partial charge in [0.25, 0.3) is 20.2 Å². The van der Waals surface area contributed by atoms with Crippen LogP contribution >= 0.6 is 0 Å². The average molecular weight is 301 g/mol. The van der Waals surface area contributed by atoms with Crippen molar-refractivity contribution in [3.05, 3.63) is 12.2 Å². The van der Waals surface area contributed by atoms with Crippen LogP contribution in [-0.4, -0.2) is 43.4 Å². The van der Waals surface area contributed by atoms with Gasteiger partial charge in [0.1, 0.15) is 0 Å². The molecule has 106 valence electrons. The van der Waals surface area contributed by atoms with Gasteiger partial charge < -0.3 is 5.73 Å². The molecule has 8 nitrogen and oxygen atoms in total. The molecule has 0 saturated heterocycles. The summed E-state index contributed by atoms with van der Waals surface area (Å²) >= 11 is 0. The number of rotatable bonds is 8. The van der Waals surface area contributed by atoms with Gasteiger partial charge in [0.2, 0.25) is 5.91 Å². The lowest BCUT2D eigenvalue weighted by molar-refractivity contribution is -0.115. The molecule has 0 rings (SSSR count). The zero-order valence-corrected chi connectivity index (χ0v) is 11.1. The Kier molecular flexibility index (Phi) is 5.93. The molecule has 0 spiro atoms. The van der Waals surface area contributed by atoms with Crippen molar-refractivity contribution in [2.24, 2.45) is 11.7 Å². The number of carbonyl (C=O) groups excluding carboxylic acids is 1. The van der Waals surface area contributed by atoms with Gasteiger partial charge in [-0.2, -0.15) is 16.8 Å². The van der Waals surface area contributed by atoms with Gasteiger partial charge in [-0.3, -0.25) is 13.9 Å². The summed E-state index contributed by atoms with van der Waals surface area (Å²) < 4.78 is 59.4. The fourth-order valence-electron chi connectivity index (χ4n) is 1.28. The molecule has 0 aromatic carbocycles. The number of amides is 1. The Hall–Kier alpha value is -0.970. The molecule has 4 N–H and O–H groups in total. The van der Waals surface area contributed by atoms with Gasteiger partial charge in [-0.1, -0.05) is 6.58 Å². The van der Waals surface area contributed by atoms with Crippen LogP contribution in [0.25, 0.3) is 0 Å². The third kappa shape index (κ3) is 8.17. The Morgan fingerprint density at radius 2 is 1.39 bits per heavy atom. The Labute approximate surface area is 105 Å². The number of carbonyl (C=O) groups is 1. The van der Waals surface area contributed by atoms with Crippen molar-refractivity contribution in [2.45, 2.75) is 12.8 Å². The van der Waals surface area contributed by atoms with Crippen molar-refractivity contribution in [3.63, 3.8) is 0 Å². The molecule has 0 atom stereocenters. The third-order valence-corrected chi connectivity index (χ3v) is 3.76. The summed E-state index contributed by atoms with van der Waals surface area (Å²) in [6, 6.07) is 0. The van der Waals surface area contributed by atoms with Crippen LogP contribution in [-0.2, 0) is 25.0 Å². The molecule has 0 bridgehead atoms. The smallest absolute Gasteiger partial charge is 0.264 e. The molecule has 10 heteroatoms. The van der Waals surface area contributed by atoms with E-state index in [4.69, 9.17) is 14.8 Å². The zero-order chi connectivity index (χ0) is 14.6. The van der Waals surface area contributed by atoms with E-state index in [1.54, 1.807) is 0 Å². The first-order chi connectivity index (χ1) is 7.92. The maximum absolute atomic E-state index is 10.9. The van der Waals surface area contributed by atoms with Crippen LogP contribution in [0, 0.1) is 5.92 Å². The van der Waals surface area contributed by atoms with Crippen LogP contribution in [0.3, 0.4) is 0 Å². The van der Waals surface area contributed by atoms with Crippen LogP contribution in [0.1, 0.15) is 12.8 Å². The minimum Gasteiger partial charge on any atom is -0.366 e. The van der Waals surface area contributed by atoms with Crippen molar-refractivity contribution in [1.82, 2.24) is 0 Å². The highest BCUT2D eigenvalue weighted by atomic mass is 32.2. The minimum atomic E-state index is -4.24. The van der Waals surface area contributed by atoms with Gasteiger partial charge in [0.15, 0.2) is 0 Å². The summed E-state index contributed by atoms with van der Waals surface area (Å²) in [5.74, 6) is -3.05. The average Bonchev–Trinajstić information content (AvgIpc) is 2.13. The predicted octanol–water partition coefficient (Wildman–Crippen LogP) is -0.800. The fourth-order valence-corrected chi connectivity index (χ4v) is 2.44. The SMILES string of the molecule is C=C(C(N)=O)C(CCS(=O)(=O)O)CCS(=O)(=O)O. The van der Waals surface area contributed by atoms with Crippen molar-refractivity contribution in [3.8, 4) is 0 Å². The van der Waals surface area contributed by atoms with Crippen molar-refractivity contribution in [2.75, 3.05) is 11.5 Å². The number of primary amides is 1. The van der Waals surface area contributed by atoms with Crippen LogP contribution in [0.2, 0.25) is 0 Å². The molecule has 0 unspecified atom stereocenters. The van der Waals surface area contributed by atoms with Gasteiger partial charge in [-0.05, 0) is 18.8 Å². The summed E-state index contributed by atoms with van der Waals surface area (Å²) in [6.45, 7) is 3.33. The molecule has 18 heavy (non-hydrogen) atoms. The van der Waals surface area contributed by atoms with Crippen LogP contribution < -0.4 is 5.73 Å². The fraction of sp³-hybridized carbons (Fsp3) is 0.625. The maximum atomic E-state index is 10.9. The van der Waals surface area contributed by atoms with E-state index >= 15 is 0 Å². The first-order valence-electron chi connectivity index (χ1n) is 4.81. The van der Waals surface area contributed by atoms with E-state index in [9.17, 15) is 21.6 Å². The van der Waals surface area contributed by atoms with E-state index in [2.05, 4.69) is 6.58 Å². The van der Waals surface area contributed by atoms with Crippen molar-refractivity contribution >= 4 is 26.1 Å². The molecule has 0 aliphatic rings. The first-order valence-corrected chi connectivity index (χ1v) is 8.03. The highest BCUT2D eigenvalue weighted by Gasteiger charge is 2.21. The molecule has 0 aromatic rings. The lowest BCUT2D eigenvalue weighted by Crippen LogP contribution is -2.23. The van der Waals surface area contributed by atoms with Gasteiger partial charge in [0, 0.05) is 5.57 Å². The number of hydrogen-bond acceptors (Lipinski definition) is 5. The van der Waals surface area contributed by atoms with E-state index in [0.717, 1.165) is 0 Å². The Balaban J connectivity index is 4.74. The first kappa shape index (κ1) is 17.0. The molecule has 0 saturated carbocycles. The zero-order valence-electron chi connectivity index (χ0n) is 9.44.